The molecule has 0 radical (unpaired) electrons. The van der Waals surface area contributed by atoms with Crippen LogP contribution in [0.15, 0.2) is 12.3 Å². The maximum atomic E-state index is 5.58. The van der Waals surface area contributed by atoms with Crippen molar-refractivity contribution in [2.45, 2.75) is 9.12 Å². The summed E-state index contributed by atoms with van der Waals surface area (Å²) >= 11 is 20.0. The van der Waals surface area contributed by atoms with Gasteiger partial charge in [-0.25, -0.2) is 9.97 Å². The Morgan fingerprint density at radius 1 is 1.42 bits per heavy atom. The highest BCUT2D eigenvalue weighted by molar-refractivity contribution is 9.08. The topological polar surface area (TPSA) is 25.8 Å². The van der Waals surface area contributed by atoms with E-state index in [1.807, 2.05) is 0 Å². The van der Waals surface area contributed by atoms with Crippen molar-refractivity contribution in [2.75, 3.05) is 0 Å². The van der Waals surface area contributed by atoms with Crippen LogP contribution in [0.2, 0.25) is 0 Å². The third-order valence-corrected chi connectivity index (χ3v) is 2.19. The number of hydrogen-bond acceptors (Lipinski definition) is 2. The van der Waals surface area contributed by atoms with Gasteiger partial charge in [0.2, 0.25) is 3.79 Å². The van der Waals surface area contributed by atoms with Crippen molar-refractivity contribution in [3.8, 4) is 0 Å². The molecule has 0 saturated heterocycles. The summed E-state index contributed by atoms with van der Waals surface area (Å²) in [4.78, 5) is 7.84. The predicted molar refractivity (Wildman–Crippen MR) is 53.9 cm³/mol. The Kier molecular flexibility index (Phi) is 3.58. The lowest BCUT2D eigenvalue weighted by Gasteiger charge is -2.08. The Bertz CT molecular complexity index is 274. The maximum absolute atomic E-state index is 5.58. The second kappa shape index (κ2) is 4.09. The van der Waals surface area contributed by atoms with E-state index in [9.17, 15) is 0 Å². The molecule has 0 amide bonds. The van der Waals surface area contributed by atoms with E-state index < -0.39 is 3.79 Å². The molecule has 0 bridgehead atoms. The summed E-state index contributed by atoms with van der Waals surface area (Å²) in [7, 11) is 0. The molecule has 6 heteroatoms. The molecule has 0 aliphatic rings. The zero-order valence-corrected chi connectivity index (χ0v) is 9.62. The number of aromatic nitrogens is 2. The number of rotatable bonds is 1. The van der Waals surface area contributed by atoms with Crippen LogP contribution in [0.25, 0.3) is 0 Å². The molecule has 0 unspecified atom stereocenters. The van der Waals surface area contributed by atoms with E-state index in [0.29, 0.717) is 5.33 Å². The summed E-state index contributed by atoms with van der Waals surface area (Å²) < 4.78 is -1.54. The Hall–Kier alpha value is 0.430. The Labute approximate surface area is 93.4 Å². The Balaban J connectivity index is 3.02. The molecule has 0 aliphatic heterocycles. The van der Waals surface area contributed by atoms with Crippen LogP contribution in [-0.4, -0.2) is 9.97 Å². The highest BCUT2D eigenvalue weighted by Gasteiger charge is 2.26. The summed E-state index contributed by atoms with van der Waals surface area (Å²) in [5, 5.41) is 0.614. The second-order valence-corrected chi connectivity index (χ2v) is 4.84. The molecule has 0 N–H and O–H groups in total. The lowest BCUT2D eigenvalue weighted by atomic mass is 10.4. The standard InChI is InChI=1S/C6H4BrCl3N2/c7-3-4-1-2-11-5(12-4)6(8,9)10/h1-2H,3H2. The normalized spacial score (nSPS) is 11.7. The SMILES string of the molecule is ClC(Cl)(Cl)c1nccc(CBr)n1. The molecule has 0 fully saturated rings. The Morgan fingerprint density at radius 2 is 2.08 bits per heavy atom. The van der Waals surface area contributed by atoms with E-state index in [2.05, 4.69) is 25.9 Å². The molecule has 0 aliphatic carbocycles. The first kappa shape index (κ1) is 10.5. The largest absolute Gasteiger partial charge is 0.250 e. The first-order chi connectivity index (χ1) is 5.54. The molecule has 12 heavy (non-hydrogen) atoms. The fourth-order valence-corrected chi connectivity index (χ4v) is 1.19. The van der Waals surface area contributed by atoms with Gasteiger partial charge in [0.1, 0.15) is 0 Å². The third-order valence-electron chi connectivity index (χ3n) is 1.10. The lowest BCUT2D eigenvalue weighted by Crippen LogP contribution is -2.07. The minimum absolute atomic E-state index is 0.199. The van der Waals surface area contributed by atoms with E-state index in [0.717, 1.165) is 5.69 Å². The highest BCUT2D eigenvalue weighted by Crippen LogP contribution is 2.35. The van der Waals surface area contributed by atoms with Gasteiger partial charge in [0, 0.05) is 11.5 Å². The molecule has 1 rings (SSSR count). The van der Waals surface area contributed by atoms with Crippen LogP contribution in [-0.2, 0) is 9.12 Å². The molecule has 1 heterocycles. The lowest BCUT2D eigenvalue weighted by molar-refractivity contribution is 0.938. The smallest absolute Gasteiger partial charge is 0.237 e. The average Bonchev–Trinajstić information content (AvgIpc) is 2.03. The first-order valence-corrected chi connectivity index (χ1v) is 5.24. The zero-order valence-electron chi connectivity index (χ0n) is 5.77. The fraction of sp³-hybridized carbons (Fsp3) is 0.333. The van der Waals surface area contributed by atoms with Crippen LogP contribution >= 0.6 is 50.7 Å². The maximum Gasteiger partial charge on any atom is 0.250 e. The fourth-order valence-electron chi connectivity index (χ4n) is 0.607. The number of hydrogen-bond donors (Lipinski definition) is 0. The van der Waals surface area contributed by atoms with Gasteiger partial charge < -0.3 is 0 Å². The van der Waals surface area contributed by atoms with Crippen molar-refractivity contribution in [2.24, 2.45) is 0 Å². The van der Waals surface area contributed by atoms with Crippen LogP contribution in [0.4, 0.5) is 0 Å². The van der Waals surface area contributed by atoms with Crippen molar-refractivity contribution in [3.63, 3.8) is 0 Å². The third kappa shape index (κ3) is 2.73. The molecular weight excluding hydrogens is 286 g/mol. The van der Waals surface area contributed by atoms with Gasteiger partial charge in [0.25, 0.3) is 0 Å². The van der Waals surface area contributed by atoms with Crippen LogP contribution in [0.1, 0.15) is 11.5 Å². The van der Waals surface area contributed by atoms with Crippen LogP contribution in [0, 0.1) is 0 Å². The number of alkyl halides is 4. The molecule has 1 aromatic rings. The molecule has 2 nitrogen and oxygen atoms in total. The molecule has 1 aromatic heterocycles. The van der Waals surface area contributed by atoms with Crippen molar-refractivity contribution >= 4 is 50.7 Å². The summed E-state index contributed by atoms with van der Waals surface area (Å²) in [6.45, 7) is 0. The predicted octanol–water partition coefficient (Wildman–Crippen LogP) is 3.20. The van der Waals surface area contributed by atoms with Crippen molar-refractivity contribution in [1.82, 2.24) is 9.97 Å². The van der Waals surface area contributed by atoms with E-state index in [1.54, 1.807) is 12.3 Å². The monoisotopic (exact) mass is 288 g/mol. The second-order valence-electron chi connectivity index (χ2n) is 2.00. The molecular formula is C6H4BrCl3N2. The van der Waals surface area contributed by atoms with Crippen molar-refractivity contribution < 1.29 is 0 Å². The quantitative estimate of drug-likeness (QED) is 0.742. The van der Waals surface area contributed by atoms with Crippen LogP contribution in [0.5, 0.6) is 0 Å². The van der Waals surface area contributed by atoms with Gasteiger partial charge in [-0.2, -0.15) is 0 Å². The molecule has 0 saturated carbocycles. The van der Waals surface area contributed by atoms with Crippen LogP contribution < -0.4 is 0 Å². The number of halogens is 4. The molecule has 66 valence electrons. The highest BCUT2D eigenvalue weighted by atomic mass is 79.9. The molecule has 0 aromatic carbocycles. The van der Waals surface area contributed by atoms with E-state index in [4.69, 9.17) is 34.8 Å². The summed E-state index contributed by atoms with van der Waals surface area (Å²) in [5.74, 6) is 0.199. The van der Waals surface area contributed by atoms with Crippen molar-refractivity contribution in [1.29, 1.82) is 0 Å². The van der Waals surface area contributed by atoms with E-state index >= 15 is 0 Å². The van der Waals surface area contributed by atoms with Gasteiger partial charge in [-0.3, -0.25) is 0 Å². The minimum atomic E-state index is -1.54. The summed E-state index contributed by atoms with van der Waals surface area (Å²) in [6, 6.07) is 1.74. The first-order valence-electron chi connectivity index (χ1n) is 2.99. The van der Waals surface area contributed by atoms with Crippen LogP contribution in [0.3, 0.4) is 0 Å². The average molecular weight is 290 g/mol. The van der Waals surface area contributed by atoms with Gasteiger partial charge in [0.15, 0.2) is 5.82 Å². The van der Waals surface area contributed by atoms with Gasteiger partial charge in [0.05, 0.1) is 5.69 Å². The van der Waals surface area contributed by atoms with Gasteiger partial charge in [-0.15, -0.1) is 0 Å². The van der Waals surface area contributed by atoms with Gasteiger partial charge >= 0.3 is 0 Å². The van der Waals surface area contributed by atoms with Gasteiger partial charge in [-0.1, -0.05) is 50.7 Å². The summed E-state index contributed by atoms with van der Waals surface area (Å²) in [6.07, 6.45) is 1.56. The number of nitrogens with zero attached hydrogens (tertiary/aromatic N) is 2. The summed E-state index contributed by atoms with van der Waals surface area (Å²) in [5.41, 5.74) is 0.784. The Morgan fingerprint density at radius 3 is 2.58 bits per heavy atom. The molecule has 0 atom stereocenters. The van der Waals surface area contributed by atoms with Crippen molar-refractivity contribution in [3.05, 3.63) is 23.8 Å². The zero-order chi connectivity index (χ0) is 9.19. The van der Waals surface area contributed by atoms with E-state index in [-0.39, 0.29) is 5.82 Å². The van der Waals surface area contributed by atoms with E-state index in [1.165, 1.54) is 0 Å². The van der Waals surface area contributed by atoms with Gasteiger partial charge in [-0.05, 0) is 6.07 Å². The molecule has 0 spiro atoms. The minimum Gasteiger partial charge on any atom is -0.237 e.